The van der Waals surface area contributed by atoms with Gasteiger partial charge in [0.2, 0.25) is 0 Å². The largest absolute Gasteiger partial charge is 0.477 e. The summed E-state index contributed by atoms with van der Waals surface area (Å²) in [7, 11) is 1.11. The normalized spacial score (nSPS) is 10.2. The van der Waals surface area contributed by atoms with Gasteiger partial charge in [0.15, 0.2) is 0 Å². The Bertz CT molecular complexity index is 818. The van der Waals surface area contributed by atoms with Crippen molar-refractivity contribution in [2.24, 2.45) is 0 Å². The molecule has 0 aromatic heterocycles. The number of aromatic carboxylic acids is 1. The van der Waals surface area contributed by atoms with Crippen molar-refractivity contribution in [1.29, 1.82) is 0 Å². The minimum atomic E-state index is -1.43. The molecule has 23 heavy (non-hydrogen) atoms. The third-order valence-corrected chi connectivity index (χ3v) is 3.13. The first kappa shape index (κ1) is 16.1. The summed E-state index contributed by atoms with van der Waals surface area (Å²) in [6.45, 7) is 0. The number of carbonyl (C=O) groups is 2. The van der Waals surface area contributed by atoms with E-state index in [1.54, 1.807) is 0 Å². The number of nitro groups is 1. The van der Waals surface area contributed by atoms with Crippen molar-refractivity contribution in [3.05, 3.63) is 63.5 Å². The number of carboxylic acids is 1. The van der Waals surface area contributed by atoms with Gasteiger partial charge in [-0.15, -0.1) is 0 Å². The molecule has 7 nitrogen and oxygen atoms in total. The summed E-state index contributed by atoms with van der Waals surface area (Å²) in [5.41, 5.74) is -0.835. The number of carbonyl (C=O) groups excluding carboxylic acids is 1. The SMILES string of the molecule is COC(=O)c1ccc(-c2ccc(C(=O)O)c([N+](=O)[O-])c2)cc1F. The highest BCUT2D eigenvalue weighted by molar-refractivity contribution is 5.94. The van der Waals surface area contributed by atoms with Crippen LogP contribution in [0.4, 0.5) is 10.1 Å². The second-order valence-corrected chi connectivity index (χ2v) is 4.48. The minimum Gasteiger partial charge on any atom is -0.477 e. The number of hydrogen-bond donors (Lipinski definition) is 1. The number of ether oxygens (including phenoxy) is 1. The molecule has 2 aromatic rings. The van der Waals surface area contributed by atoms with E-state index < -0.39 is 33.9 Å². The molecule has 0 aliphatic rings. The van der Waals surface area contributed by atoms with Gasteiger partial charge in [0.1, 0.15) is 11.4 Å². The molecule has 0 saturated carbocycles. The Morgan fingerprint density at radius 1 is 1.13 bits per heavy atom. The van der Waals surface area contributed by atoms with Gasteiger partial charge >= 0.3 is 11.9 Å². The molecule has 1 N–H and O–H groups in total. The van der Waals surface area contributed by atoms with Crippen molar-refractivity contribution >= 4 is 17.6 Å². The molecule has 0 heterocycles. The van der Waals surface area contributed by atoms with Crippen molar-refractivity contribution in [2.75, 3.05) is 7.11 Å². The fraction of sp³-hybridized carbons (Fsp3) is 0.0667. The molecule has 0 atom stereocenters. The molecule has 0 radical (unpaired) electrons. The van der Waals surface area contributed by atoms with Gasteiger partial charge in [-0.3, -0.25) is 10.1 Å². The Balaban J connectivity index is 2.53. The van der Waals surface area contributed by atoms with Gasteiger partial charge < -0.3 is 9.84 Å². The van der Waals surface area contributed by atoms with E-state index in [0.717, 1.165) is 25.3 Å². The average Bonchev–Trinajstić information content (AvgIpc) is 2.53. The van der Waals surface area contributed by atoms with Crippen LogP contribution in [0, 0.1) is 15.9 Å². The highest BCUT2D eigenvalue weighted by Crippen LogP contribution is 2.28. The van der Waals surface area contributed by atoms with E-state index in [1.165, 1.54) is 18.2 Å². The van der Waals surface area contributed by atoms with E-state index >= 15 is 0 Å². The topological polar surface area (TPSA) is 107 Å². The Hall–Kier alpha value is -3.29. The standard InChI is InChI=1S/C15H10FNO6/c1-23-15(20)10-4-2-8(6-12(10)16)9-3-5-11(14(18)19)13(7-9)17(21)22/h2-7H,1H3,(H,18,19). The molecule has 0 saturated heterocycles. The maximum Gasteiger partial charge on any atom is 0.342 e. The van der Waals surface area contributed by atoms with Gasteiger partial charge in [-0.2, -0.15) is 0 Å². The number of nitro benzene ring substituents is 1. The smallest absolute Gasteiger partial charge is 0.342 e. The van der Waals surface area contributed by atoms with E-state index in [1.807, 2.05) is 0 Å². The monoisotopic (exact) mass is 319 g/mol. The summed E-state index contributed by atoms with van der Waals surface area (Å²) in [5.74, 6) is -3.13. The van der Waals surface area contributed by atoms with Crippen molar-refractivity contribution < 1.29 is 28.7 Å². The maximum atomic E-state index is 13.9. The van der Waals surface area contributed by atoms with Gasteiger partial charge in [0.05, 0.1) is 17.6 Å². The molecular weight excluding hydrogens is 309 g/mol. The summed E-state index contributed by atoms with van der Waals surface area (Å²) >= 11 is 0. The Morgan fingerprint density at radius 3 is 2.17 bits per heavy atom. The van der Waals surface area contributed by atoms with Crippen LogP contribution in [-0.2, 0) is 4.74 Å². The number of hydrogen-bond acceptors (Lipinski definition) is 5. The van der Waals surface area contributed by atoms with E-state index in [0.29, 0.717) is 0 Å². The first-order valence-corrected chi connectivity index (χ1v) is 6.25. The van der Waals surface area contributed by atoms with Gasteiger partial charge in [-0.25, -0.2) is 14.0 Å². The fourth-order valence-corrected chi connectivity index (χ4v) is 2.01. The molecule has 0 aliphatic heterocycles. The summed E-state index contributed by atoms with van der Waals surface area (Å²) in [6.07, 6.45) is 0. The Kier molecular flexibility index (Phi) is 4.35. The molecule has 0 aliphatic carbocycles. The quantitative estimate of drug-likeness (QED) is 0.527. The van der Waals surface area contributed by atoms with Crippen LogP contribution in [0.25, 0.3) is 11.1 Å². The molecule has 0 fully saturated rings. The highest BCUT2D eigenvalue weighted by Gasteiger charge is 2.21. The van der Waals surface area contributed by atoms with Crippen molar-refractivity contribution in [1.82, 2.24) is 0 Å². The van der Waals surface area contributed by atoms with Crippen LogP contribution in [0.5, 0.6) is 0 Å². The third kappa shape index (κ3) is 3.15. The van der Waals surface area contributed by atoms with E-state index in [2.05, 4.69) is 4.74 Å². The van der Waals surface area contributed by atoms with Crippen LogP contribution >= 0.6 is 0 Å². The summed E-state index contributed by atoms with van der Waals surface area (Å²) < 4.78 is 18.3. The maximum absolute atomic E-state index is 13.9. The fourth-order valence-electron chi connectivity index (χ4n) is 2.01. The molecule has 0 amide bonds. The van der Waals surface area contributed by atoms with E-state index in [4.69, 9.17) is 5.11 Å². The lowest BCUT2D eigenvalue weighted by molar-refractivity contribution is -0.385. The molecule has 2 aromatic carbocycles. The minimum absolute atomic E-state index is 0.247. The number of halogens is 1. The number of methoxy groups -OCH3 is 1. The van der Waals surface area contributed by atoms with Crippen molar-refractivity contribution in [2.45, 2.75) is 0 Å². The second kappa shape index (κ2) is 6.22. The first-order valence-electron chi connectivity index (χ1n) is 6.25. The number of benzene rings is 2. The van der Waals surface area contributed by atoms with Gasteiger partial charge in [-0.05, 0) is 29.3 Å². The predicted molar refractivity (Wildman–Crippen MR) is 76.8 cm³/mol. The first-order chi connectivity index (χ1) is 10.8. The third-order valence-electron chi connectivity index (χ3n) is 3.13. The zero-order chi connectivity index (χ0) is 17.1. The van der Waals surface area contributed by atoms with Crippen LogP contribution in [-0.4, -0.2) is 29.1 Å². The molecule has 2 rings (SSSR count). The highest BCUT2D eigenvalue weighted by atomic mass is 19.1. The predicted octanol–water partition coefficient (Wildman–Crippen LogP) is 2.89. The zero-order valence-electron chi connectivity index (χ0n) is 11.8. The van der Waals surface area contributed by atoms with Gasteiger partial charge in [-0.1, -0.05) is 12.1 Å². The van der Waals surface area contributed by atoms with E-state index in [9.17, 15) is 24.1 Å². The van der Waals surface area contributed by atoms with Crippen LogP contribution in [0.15, 0.2) is 36.4 Å². The lowest BCUT2D eigenvalue weighted by Gasteiger charge is -2.06. The van der Waals surface area contributed by atoms with Gasteiger partial charge in [0.25, 0.3) is 5.69 Å². The van der Waals surface area contributed by atoms with E-state index in [-0.39, 0.29) is 16.7 Å². The lowest BCUT2D eigenvalue weighted by Crippen LogP contribution is -2.04. The number of esters is 1. The molecule has 0 bridgehead atoms. The van der Waals surface area contributed by atoms with Crippen LogP contribution in [0.2, 0.25) is 0 Å². The zero-order valence-corrected chi connectivity index (χ0v) is 11.8. The molecular formula is C15H10FNO6. The van der Waals surface area contributed by atoms with Crippen LogP contribution in [0.1, 0.15) is 20.7 Å². The average molecular weight is 319 g/mol. The Morgan fingerprint density at radius 2 is 1.70 bits per heavy atom. The second-order valence-electron chi connectivity index (χ2n) is 4.48. The number of rotatable bonds is 4. The van der Waals surface area contributed by atoms with Crippen LogP contribution in [0.3, 0.4) is 0 Å². The number of nitrogens with zero attached hydrogens (tertiary/aromatic N) is 1. The van der Waals surface area contributed by atoms with Gasteiger partial charge in [0, 0.05) is 6.07 Å². The molecule has 0 unspecified atom stereocenters. The molecule has 8 heteroatoms. The van der Waals surface area contributed by atoms with Crippen LogP contribution < -0.4 is 0 Å². The summed E-state index contributed by atoms with van der Waals surface area (Å²) in [5, 5.41) is 19.9. The Labute approximate surface area is 129 Å². The summed E-state index contributed by atoms with van der Waals surface area (Å²) in [6, 6.07) is 7.02. The lowest BCUT2D eigenvalue weighted by atomic mass is 10.0. The van der Waals surface area contributed by atoms with Crippen molar-refractivity contribution in [3.8, 4) is 11.1 Å². The molecule has 0 spiro atoms. The van der Waals surface area contributed by atoms with Crippen molar-refractivity contribution in [3.63, 3.8) is 0 Å². The molecule has 118 valence electrons. The number of carboxylic acid groups (broad SMARTS) is 1. The summed E-state index contributed by atoms with van der Waals surface area (Å²) in [4.78, 5) is 32.4.